The fourth-order valence-electron chi connectivity index (χ4n) is 3.28. The molecule has 0 unspecified atom stereocenters. The third-order valence-corrected chi connectivity index (χ3v) is 5.04. The zero-order chi connectivity index (χ0) is 23.1. The second-order valence-electron chi connectivity index (χ2n) is 7.15. The van der Waals surface area contributed by atoms with Gasteiger partial charge in [-0.2, -0.15) is 5.26 Å². The van der Waals surface area contributed by atoms with Crippen LogP contribution in [0.3, 0.4) is 0 Å². The van der Waals surface area contributed by atoms with Crippen molar-refractivity contribution in [2.24, 2.45) is 0 Å². The summed E-state index contributed by atoms with van der Waals surface area (Å²) in [5.41, 5.74) is 0.979. The van der Waals surface area contributed by atoms with Gasteiger partial charge in [-0.25, -0.2) is 9.18 Å². The predicted octanol–water partition coefficient (Wildman–Crippen LogP) is 2.17. The fraction of sp³-hybridized carbons (Fsp3) is 0.304. The number of esters is 1. The number of ketones is 1. The van der Waals surface area contributed by atoms with Crippen molar-refractivity contribution < 1.29 is 28.2 Å². The number of amides is 1. The standard InChI is InChI=1S/C23H22FN3O5/c1-16(28)17-6-7-20(19(24)12-17)26-8-10-27(11-9-26)22(29)14-32-23(30)15-31-21-5-3-2-4-18(21)13-25/h2-7,12H,8-11,14-15H2,1H3. The number of carbonyl (C=O) groups excluding carboxylic acids is 3. The molecule has 0 atom stereocenters. The van der Waals surface area contributed by atoms with Crippen LogP contribution in [-0.4, -0.2) is 62.0 Å². The van der Waals surface area contributed by atoms with Crippen LogP contribution in [0.15, 0.2) is 42.5 Å². The minimum atomic E-state index is -0.725. The van der Waals surface area contributed by atoms with Gasteiger partial charge in [0.2, 0.25) is 0 Å². The largest absolute Gasteiger partial charge is 0.481 e. The molecule has 0 bridgehead atoms. The van der Waals surface area contributed by atoms with Crippen molar-refractivity contribution in [3.05, 3.63) is 59.4 Å². The molecule has 32 heavy (non-hydrogen) atoms. The molecule has 2 aromatic rings. The molecule has 166 valence electrons. The van der Waals surface area contributed by atoms with E-state index in [0.29, 0.717) is 43.0 Å². The van der Waals surface area contributed by atoms with E-state index in [4.69, 9.17) is 14.7 Å². The number of nitrogens with zero attached hydrogens (tertiary/aromatic N) is 3. The van der Waals surface area contributed by atoms with Crippen LogP contribution in [0.25, 0.3) is 0 Å². The SMILES string of the molecule is CC(=O)c1ccc(N2CCN(C(=O)COC(=O)COc3ccccc3C#N)CC2)c(F)c1. The summed E-state index contributed by atoms with van der Waals surface area (Å²) < 4.78 is 24.6. The van der Waals surface area contributed by atoms with Crippen LogP contribution in [0.5, 0.6) is 5.75 Å². The number of rotatable bonds is 7. The number of para-hydroxylation sites is 1. The van der Waals surface area contributed by atoms with Gasteiger partial charge >= 0.3 is 5.97 Å². The zero-order valence-corrected chi connectivity index (χ0v) is 17.5. The molecule has 0 aliphatic carbocycles. The Balaban J connectivity index is 1.44. The number of nitriles is 1. The van der Waals surface area contributed by atoms with Crippen molar-refractivity contribution in [3.63, 3.8) is 0 Å². The molecule has 1 amide bonds. The minimum Gasteiger partial charge on any atom is -0.481 e. The number of hydrogen-bond acceptors (Lipinski definition) is 7. The number of Topliss-reactive ketones (excluding diaryl/α,β-unsaturated/α-hetero) is 1. The first-order valence-electron chi connectivity index (χ1n) is 10.00. The molecule has 1 fully saturated rings. The molecule has 0 spiro atoms. The van der Waals surface area contributed by atoms with Gasteiger partial charge in [-0.15, -0.1) is 0 Å². The molecule has 0 N–H and O–H groups in total. The van der Waals surface area contributed by atoms with Crippen LogP contribution in [0.2, 0.25) is 0 Å². The van der Waals surface area contributed by atoms with Gasteiger partial charge in [-0.1, -0.05) is 12.1 Å². The maximum atomic E-state index is 14.3. The fourth-order valence-corrected chi connectivity index (χ4v) is 3.28. The highest BCUT2D eigenvalue weighted by Crippen LogP contribution is 2.22. The summed E-state index contributed by atoms with van der Waals surface area (Å²) in [6.07, 6.45) is 0. The average Bonchev–Trinajstić information content (AvgIpc) is 2.81. The van der Waals surface area contributed by atoms with E-state index < -0.39 is 25.0 Å². The third kappa shape index (κ3) is 5.60. The summed E-state index contributed by atoms with van der Waals surface area (Å²) in [5.74, 6) is -1.51. The van der Waals surface area contributed by atoms with Crippen LogP contribution in [0.1, 0.15) is 22.8 Å². The highest BCUT2D eigenvalue weighted by atomic mass is 19.1. The first-order chi connectivity index (χ1) is 15.4. The molecular weight excluding hydrogens is 417 g/mol. The molecule has 1 aliphatic heterocycles. The zero-order valence-electron chi connectivity index (χ0n) is 17.5. The van der Waals surface area contributed by atoms with Crippen LogP contribution >= 0.6 is 0 Å². The van der Waals surface area contributed by atoms with Crippen molar-refractivity contribution in [3.8, 4) is 11.8 Å². The summed E-state index contributed by atoms with van der Waals surface area (Å²) in [4.78, 5) is 38.9. The first-order valence-corrected chi connectivity index (χ1v) is 10.00. The van der Waals surface area contributed by atoms with Gasteiger partial charge in [0.25, 0.3) is 5.91 Å². The van der Waals surface area contributed by atoms with Gasteiger partial charge in [0.15, 0.2) is 19.0 Å². The van der Waals surface area contributed by atoms with E-state index in [0.717, 1.165) is 0 Å². The summed E-state index contributed by atoms with van der Waals surface area (Å²) in [5, 5.41) is 9.01. The molecule has 0 radical (unpaired) electrons. The molecule has 9 heteroatoms. The van der Waals surface area contributed by atoms with E-state index in [1.165, 1.54) is 17.9 Å². The van der Waals surface area contributed by atoms with Gasteiger partial charge in [-0.05, 0) is 37.3 Å². The van der Waals surface area contributed by atoms with Crippen molar-refractivity contribution >= 4 is 23.3 Å². The minimum absolute atomic E-state index is 0.208. The number of ether oxygens (including phenoxy) is 2. The van der Waals surface area contributed by atoms with Crippen LogP contribution in [0, 0.1) is 17.1 Å². The molecule has 0 saturated carbocycles. The van der Waals surface area contributed by atoms with Crippen LogP contribution in [-0.2, 0) is 14.3 Å². The topological polar surface area (TPSA) is 99.9 Å². The highest BCUT2D eigenvalue weighted by molar-refractivity contribution is 5.94. The van der Waals surface area contributed by atoms with Gasteiger partial charge in [0, 0.05) is 31.7 Å². The molecular formula is C23H22FN3O5. The quantitative estimate of drug-likeness (QED) is 0.481. The Kier molecular flexibility index (Phi) is 7.39. The van der Waals surface area contributed by atoms with E-state index in [9.17, 15) is 18.8 Å². The van der Waals surface area contributed by atoms with Crippen LogP contribution in [0.4, 0.5) is 10.1 Å². The molecule has 1 heterocycles. The maximum absolute atomic E-state index is 14.3. The third-order valence-electron chi connectivity index (χ3n) is 5.04. The Hall–Kier alpha value is -3.93. The van der Waals surface area contributed by atoms with Gasteiger partial charge < -0.3 is 19.3 Å². The molecule has 0 aromatic heterocycles. The number of hydrogen-bond donors (Lipinski definition) is 0. The molecule has 3 rings (SSSR count). The normalized spacial score (nSPS) is 13.3. The predicted molar refractivity (Wildman–Crippen MR) is 113 cm³/mol. The Morgan fingerprint density at radius 1 is 1.06 bits per heavy atom. The smallest absolute Gasteiger partial charge is 0.344 e. The monoisotopic (exact) mass is 439 g/mol. The number of piperazine rings is 1. The lowest BCUT2D eigenvalue weighted by atomic mass is 10.1. The number of anilines is 1. The highest BCUT2D eigenvalue weighted by Gasteiger charge is 2.24. The van der Waals surface area contributed by atoms with E-state index in [-0.39, 0.29) is 17.4 Å². The molecule has 8 nitrogen and oxygen atoms in total. The molecule has 1 aliphatic rings. The number of carbonyl (C=O) groups is 3. The first kappa shape index (κ1) is 22.7. The van der Waals surface area contributed by atoms with Gasteiger partial charge in [0.05, 0.1) is 11.3 Å². The van der Waals surface area contributed by atoms with Gasteiger partial charge in [-0.3, -0.25) is 9.59 Å². The van der Waals surface area contributed by atoms with E-state index in [2.05, 4.69) is 0 Å². The second-order valence-corrected chi connectivity index (χ2v) is 7.15. The second kappa shape index (κ2) is 10.4. The summed E-state index contributed by atoms with van der Waals surface area (Å²) in [6, 6.07) is 12.8. The van der Waals surface area contributed by atoms with Gasteiger partial charge in [0.1, 0.15) is 17.6 Å². The lowest BCUT2D eigenvalue weighted by Gasteiger charge is -2.36. The van der Waals surface area contributed by atoms with Crippen LogP contribution < -0.4 is 9.64 Å². The number of halogens is 1. The van der Waals surface area contributed by atoms with Crippen molar-refractivity contribution in [1.29, 1.82) is 5.26 Å². The lowest BCUT2D eigenvalue weighted by molar-refractivity contribution is -0.153. The summed E-state index contributed by atoms with van der Waals surface area (Å²) >= 11 is 0. The summed E-state index contributed by atoms with van der Waals surface area (Å²) in [7, 11) is 0. The lowest BCUT2D eigenvalue weighted by Crippen LogP contribution is -2.50. The summed E-state index contributed by atoms with van der Waals surface area (Å²) in [6.45, 7) is 2.03. The Labute approximate surface area is 184 Å². The Bertz CT molecular complexity index is 1060. The van der Waals surface area contributed by atoms with E-state index >= 15 is 0 Å². The van der Waals surface area contributed by atoms with Crippen molar-refractivity contribution in [2.45, 2.75) is 6.92 Å². The van der Waals surface area contributed by atoms with Crippen molar-refractivity contribution in [1.82, 2.24) is 4.90 Å². The number of benzene rings is 2. The Morgan fingerprint density at radius 2 is 1.78 bits per heavy atom. The molecule has 2 aromatic carbocycles. The van der Waals surface area contributed by atoms with E-state index in [1.807, 2.05) is 6.07 Å². The molecule has 1 saturated heterocycles. The van der Waals surface area contributed by atoms with E-state index in [1.54, 1.807) is 41.3 Å². The Morgan fingerprint density at radius 3 is 2.44 bits per heavy atom. The maximum Gasteiger partial charge on any atom is 0.344 e. The average molecular weight is 439 g/mol. The van der Waals surface area contributed by atoms with Crippen molar-refractivity contribution in [2.75, 3.05) is 44.3 Å².